The van der Waals surface area contributed by atoms with Crippen molar-refractivity contribution in [2.24, 2.45) is 0 Å². The summed E-state index contributed by atoms with van der Waals surface area (Å²) in [5.74, 6) is -1.32. The molecule has 0 saturated carbocycles. The molecule has 6 heteroatoms. The van der Waals surface area contributed by atoms with Crippen molar-refractivity contribution in [1.82, 2.24) is 4.98 Å². The highest BCUT2D eigenvalue weighted by Crippen LogP contribution is 2.39. The average molecular weight is 364 g/mol. The molecule has 130 valence electrons. The molecular formula is C20H16N2O3S. The number of nitrogens with zero attached hydrogens (tertiary/aromatic N) is 1. The molecule has 3 aromatic rings. The van der Waals surface area contributed by atoms with Crippen molar-refractivity contribution in [3.05, 3.63) is 59.8 Å². The first-order valence-electron chi connectivity index (χ1n) is 8.29. The van der Waals surface area contributed by atoms with E-state index in [2.05, 4.69) is 52.8 Å². The number of aromatic nitrogens is 1. The molecule has 1 aliphatic rings. The highest BCUT2D eigenvalue weighted by atomic mass is 32.1. The van der Waals surface area contributed by atoms with Gasteiger partial charge in [-0.3, -0.25) is 9.59 Å². The van der Waals surface area contributed by atoms with Crippen LogP contribution in [-0.4, -0.2) is 22.0 Å². The van der Waals surface area contributed by atoms with Gasteiger partial charge in [-0.1, -0.05) is 47.7 Å². The SMILES string of the molecule is O=C(O)CCC(=O)Nc1ncc(-c2ccc3c(c2)Cc2ccccc2-3)s1. The van der Waals surface area contributed by atoms with Crippen LogP contribution in [0.3, 0.4) is 0 Å². The number of hydrogen-bond donors (Lipinski definition) is 2. The van der Waals surface area contributed by atoms with E-state index < -0.39 is 5.97 Å². The molecule has 0 atom stereocenters. The standard InChI is InChI=1S/C20H16N2O3S/c23-18(7-8-19(24)25)22-20-21-11-17(26-20)13-5-6-16-14(10-13)9-12-3-1-2-4-15(12)16/h1-6,10-11H,7-9H2,(H,24,25)(H,21,22,23). The number of thiazole rings is 1. The summed E-state index contributed by atoms with van der Waals surface area (Å²) in [7, 11) is 0. The van der Waals surface area contributed by atoms with Crippen LogP contribution in [0.1, 0.15) is 24.0 Å². The lowest BCUT2D eigenvalue weighted by Gasteiger charge is -2.03. The van der Waals surface area contributed by atoms with Gasteiger partial charge in [0.25, 0.3) is 0 Å². The number of benzene rings is 2. The molecule has 26 heavy (non-hydrogen) atoms. The maximum absolute atomic E-state index is 11.7. The molecular weight excluding hydrogens is 348 g/mol. The van der Waals surface area contributed by atoms with Gasteiger partial charge in [-0.15, -0.1) is 0 Å². The lowest BCUT2D eigenvalue weighted by atomic mass is 10.0. The third-order valence-corrected chi connectivity index (χ3v) is 5.36. The normalized spacial score (nSPS) is 11.7. The van der Waals surface area contributed by atoms with Gasteiger partial charge in [0.1, 0.15) is 0 Å². The molecule has 5 nitrogen and oxygen atoms in total. The summed E-state index contributed by atoms with van der Waals surface area (Å²) in [5.41, 5.74) is 6.28. The Kier molecular flexibility index (Phi) is 4.26. The number of rotatable bonds is 5. The van der Waals surface area contributed by atoms with E-state index in [9.17, 15) is 9.59 Å². The number of fused-ring (bicyclic) bond motifs is 3. The Morgan fingerprint density at radius 2 is 1.88 bits per heavy atom. The number of carboxylic acids is 1. The summed E-state index contributed by atoms with van der Waals surface area (Å²) in [6, 6.07) is 14.8. The van der Waals surface area contributed by atoms with Crippen molar-refractivity contribution in [3.63, 3.8) is 0 Å². The third-order valence-electron chi connectivity index (χ3n) is 4.40. The number of carbonyl (C=O) groups is 2. The highest BCUT2D eigenvalue weighted by Gasteiger charge is 2.18. The number of amides is 1. The number of carbonyl (C=O) groups excluding carboxylic acids is 1. The molecule has 1 aromatic heterocycles. The monoisotopic (exact) mass is 364 g/mol. The van der Waals surface area contributed by atoms with Gasteiger partial charge in [-0.05, 0) is 40.3 Å². The second-order valence-electron chi connectivity index (χ2n) is 6.18. The third kappa shape index (κ3) is 3.23. The van der Waals surface area contributed by atoms with Gasteiger partial charge in [0.05, 0.1) is 11.3 Å². The molecule has 2 N–H and O–H groups in total. The van der Waals surface area contributed by atoms with Crippen LogP contribution >= 0.6 is 11.3 Å². The second kappa shape index (κ2) is 6.72. The van der Waals surface area contributed by atoms with Crippen molar-refractivity contribution in [2.45, 2.75) is 19.3 Å². The van der Waals surface area contributed by atoms with E-state index in [4.69, 9.17) is 5.11 Å². The molecule has 1 heterocycles. The number of nitrogens with one attached hydrogen (secondary N) is 1. The van der Waals surface area contributed by atoms with Crippen molar-refractivity contribution < 1.29 is 14.7 Å². The van der Waals surface area contributed by atoms with Crippen LogP contribution in [0.5, 0.6) is 0 Å². The van der Waals surface area contributed by atoms with Crippen LogP contribution in [0.25, 0.3) is 21.6 Å². The van der Waals surface area contributed by atoms with Crippen LogP contribution in [0, 0.1) is 0 Å². The van der Waals surface area contributed by atoms with Crippen LogP contribution in [0.4, 0.5) is 5.13 Å². The summed E-state index contributed by atoms with van der Waals surface area (Å²) in [6.45, 7) is 0. The molecule has 0 spiro atoms. The van der Waals surface area contributed by atoms with E-state index in [1.807, 2.05) is 0 Å². The van der Waals surface area contributed by atoms with E-state index in [1.54, 1.807) is 6.20 Å². The Morgan fingerprint density at radius 1 is 1.08 bits per heavy atom. The van der Waals surface area contributed by atoms with Crippen LogP contribution in [0.2, 0.25) is 0 Å². The average Bonchev–Trinajstić information content (AvgIpc) is 3.23. The number of hydrogen-bond acceptors (Lipinski definition) is 4. The number of anilines is 1. The second-order valence-corrected chi connectivity index (χ2v) is 7.21. The molecule has 1 amide bonds. The van der Waals surface area contributed by atoms with Crippen molar-refractivity contribution >= 4 is 28.3 Å². The van der Waals surface area contributed by atoms with E-state index in [0.717, 1.165) is 16.9 Å². The number of aliphatic carboxylic acids is 1. The van der Waals surface area contributed by atoms with Gasteiger partial charge >= 0.3 is 5.97 Å². The molecule has 0 aliphatic heterocycles. The molecule has 1 aliphatic carbocycles. The zero-order valence-corrected chi connectivity index (χ0v) is 14.7. The first-order chi connectivity index (χ1) is 12.6. The van der Waals surface area contributed by atoms with Crippen LogP contribution in [-0.2, 0) is 16.0 Å². The smallest absolute Gasteiger partial charge is 0.303 e. The molecule has 0 fully saturated rings. The topological polar surface area (TPSA) is 79.3 Å². The minimum Gasteiger partial charge on any atom is -0.481 e. The first kappa shape index (κ1) is 16.5. The Morgan fingerprint density at radius 3 is 2.73 bits per heavy atom. The van der Waals surface area contributed by atoms with Crippen molar-refractivity contribution in [3.8, 4) is 21.6 Å². The fourth-order valence-corrected chi connectivity index (χ4v) is 3.99. The van der Waals surface area contributed by atoms with Crippen molar-refractivity contribution in [2.75, 3.05) is 5.32 Å². The zero-order chi connectivity index (χ0) is 18.1. The Labute approximate surface area is 154 Å². The summed E-state index contributed by atoms with van der Waals surface area (Å²) in [4.78, 5) is 27.5. The molecule has 0 saturated heterocycles. The van der Waals surface area contributed by atoms with E-state index in [0.29, 0.717) is 5.13 Å². The lowest BCUT2D eigenvalue weighted by molar-refractivity contribution is -0.138. The maximum atomic E-state index is 11.7. The molecule has 2 aromatic carbocycles. The van der Waals surface area contributed by atoms with E-state index in [-0.39, 0.29) is 18.7 Å². The summed E-state index contributed by atoms with van der Waals surface area (Å²) >= 11 is 1.39. The van der Waals surface area contributed by atoms with Gasteiger partial charge < -0.3 is 10.4 Å². The van der Waals surface area contributed by atoms with Gasteiger partial charge in [-0.25, -0.2) is 4.98 Å². The Bertz CT molecular complexity index is 1010. The van der Waals surface area contributed by atoms with Gasteiger partial charge in [-0.2, -0.15) is 0 Å². The summed E-state index contributed by atoms with van der Waals surface area (Å²) < 4.78 is 0. The first-order valence-corrected chi connectivity index (χ1v) is 9.11. The maximum Gasteiger partial charge on any atom is 0.303 e. The predicted octanol–water partition coefficient (Wildman–Crippen LogP) is 4.18. The summed E-state index contributed by atoms with van der Waals surface area (Å²) in [5, 5.41) is 11.8. The fourth-order valence-electron chi connectivity index (χ4n) is 3.17. The predicted molar refractivity (Wildman–Crippen MR) is 101 cm³/mol. The minimum absolute atomic E-state index is 0.0542. The minimum atomic E-state index is -0.987. The number of carboxylic acid groups (broad SMARTS) is 1. The quantitative estimate of drug-likeness (QED) is 0.557. The van der Waals surface area contributed by atoms with Gasteiger partial charge in [0.2, 0.25) is 5.91 Å². The van der Waals surface area contributed by atoms with Crippen LogP contribution in [0.15, 0.2) is 48.7 Å². The molecule has 0 bridgehead atoms. The summed E-state index contributed by atoms with van der Waals surface area (Å²) in [6.07, 6.45) is 2.43. The Hall–Kier alpha value is -2.99. The Balaban J connectivity index is 1.51. The van der Waals surface area contributed by atoms with Crippen molar-refractivity contribution in [1.29, 1.82) is 0 Å². The van der Waals surface area contributed by atoms with E-state index in [1.165, 1.54) is 33.6 Å². The van der Waals surface area contributed by atoms with E-state index >= 15 is 0 Å². The lowest BCUT2D eigenvalue weighted by Crippen LogP contribution is -2.12. The molecule has 0 radical (unpaired) electrons. The zero-order valence-electron chi connectivity index (χ0n) is 13.9. The van der Waals surface area contributed by atoms with Gasteiger partial charge in [0.15, 0.2) is 5.13 Å². The fraction of sp³-hybridized carbons (Fsp3) is 0.150. The highest BCUT2D eigenvalue weighted by molar-refractivity contribution is 7.19. The van der Waals surface area contributed by atoms with Gasteiger partial charge in [0, 0.05) is 12.6 Å². The molecule has 0 unspecified atom stereocenters. The van der Waals surface area contributed by atoms with Crippen LogP contribution < -0.4 is 5.32 Å². The largest absolute Gasteiger partial charge is 0.481 e. The molecule has 4 rings (SSSR count).